The summed E-state index contributed by atoms with van der Waals surface area (Å²) in [4.78, 5) is 2.14. The molecule has 1 fully saturated rings. The van der Waals surface area contributed by atoms with E-state index in [2.05, 4.69) is 17.1 Å². The highest BCUT2D eigenvalue weighted by atomic mass is 35.5. The maximum Gasteiger partial charge on any atom is 0.416 e. The Morgan fingerprint density at radius 2 is 1.91 bits per heavy atom. The summed E-state index contributed by atoms with van der Waals surface area (Å²) < 4.78 is 40.4. The second-order valence-electron chi connectivity index (χ2n) is 6.00. The number of rotatable bonds is 6. The number of piperazine rings is 1. The van der Waals surface area contributed by atoms with Crippen molar-refractivity contribution in [3.05, 3.63) is 34.3 Å². The van der Waals surface area contributed by atoms with Crippen LogP contribution in [-0.2, 0) is 6.18 Å². The number of benzene rings is 1. The monoisotopic (exact) mass is 348 g/mol. The summed E-state index contributed by atoms with van der Waals surface area (Å²) >= 11 is 6.22. The predicted octanol–water partition coefficient (Wildman–Crippen LogP) is 4.89. The third-order valence-electron chi connectivity index (χ3n) is 4.37. The van der Waals surface area contributed by atoms with Gasteiger partial charge in [-0.2, -0.15) is 13.2 Å². The highest BCUT2D eigenvalue weighted by Gasteiger charge is 2.37. The average molecular weight is 349 g/mol. The van der Waals surface area contributed by atoms with Crippen molar-refractivity contribution in [2.45, 2.75) is 44.8 Å². The molecule has 0 bridgehead atoms. The van der Waals surface area contributed by atoms with Gasteiger partial charge < -0.3 is 5.32 Å². The van der Waals surface area contributed by atoms with E-state index in [1.807, 2.05) is 0 Å². The van der Waals surface area contributed by atoms with E-state index in [-0.39, 0.29) is 16.6 Å². The van der Waals surface area contributed by atoms with Crippen molar-refractivity contribution in [2.75, 3.05) is 26.2 Å². The number of hydrogen-bond acceptors (Lipinski definition) is 2. The number of nitrogens with one attached hydrogen (secondary N) is 1. The normalized spacial score (nSPS) is 18.1. The van der Waals surface area contributed by atoms with E-state index in [1.54, 1.807) is 6.07 Å². The molecule has 0 aromatic heterocycles. The largest absolute Gasteiger partial charge is 0.416 e. The molecule has 1 aliphatic rings. The van der Waals surface area contributed by atoms with Gasteiger partial charge in [0.15, 0.2) is 0 Å². The van der Waals surface area contributed by atoms with Crippen LogP contribution in [0.5, 0.6) is 0 Å². The molecule has 0 unspecified atom stereocenters. The minimum Gasteiger partial charge on any atom is -0.314 e. The van der Waals surface area contributed by atoms with Crippen LogP contribution in [0.4, 0.5) is 13.2 Å². The van der Waals surface area contributed by atoms with Crippen LogP contribution in [0.3, 0.4) is 0 Å². The van der Waals surface area contributed by atoms with Gasteiger partial charge in [-0.25, -0.2) is 0 Å². The zero-order chi connectivity index (χ0) is 16.9. The van der Waals surface area contributed by atoms with Gasteiger partial charge in [0.2, 0.25) is 0 Å². The molecule has 0 spiro atoms. The van der Waals surface area contributed by atoms with Crippen molar-refractivity contribution in [3.63, 3.8) is 0 Å². The van der Waals surface area contributed by atoms with Crippen molar-refractivity contribution in [1.82, 2.24) is 10.2 Å². The average Bonchev–Trinajstić information content (AvgIpc) is 2.52. The van der Waals surface area contributed by atoms with Gasteiger partial charge in [-0.05, 0) is 18.6 Å². The molecule has 2 rings (SSSR count). The standard InChI is InChI=1S/C17H24ClF3N2/c1-2-3-4-8-15(23-11-9-22-10-12-23)16-13(17(19,20)21)6-5-7-14(16)18/h5-7,15,22H,2-4,8-12H2,1H3/t15-/m0/s1. The van der Waals surface area contributed by atoms with E-state index in [4.69, 9.17) is 11.6 Å². The fourth-order valence-electron chi connectivity index (χ4n) is 3.21. The zero-order valence-corrected chi connectivity index (χ0v) is 14.2. The fourth-order valence-corrected chi connectivity index (χ4v) is 3.51. The lowest BCUT2D eigenvalue weighted by atomic mass is 9.93. The Labute approximate surface area is 141 Å². The lowest BCUT2D eigenvalue weighted by molar-refractivity contribution is -0.138. The van der Waals surface area contributed by atoms with E-state index in [0.29, 0.717) is 6.42 Å². The summed E-state index contributed by atoms with van der Waals surface area (Å²) in [5.41, 5.74) is -0.343. The second-order valence-corrected chi connectivity index (χ2v) is 6.40. The Bertz CT molecular complexity index is 499. The summed E-state index contributed by atoms with van der Waals surface area (Å²) in [5, 5.41) is 3.47. The lowest BCUT2D eigenvalue weighted by Crippen LogP contribution is -2.45. The first-order chi connectivity index (χ1) is 10.9. The minimum atomic E-state index is -4.38. The van der Waals surface area contributed by atoms with Crippen LogP contribution in [0.15, 0.2) is 18.2 Å². The molecule has 0 aliphatic carbocycles. The van der Waals surface area contributed by atoms with Crippen LogP contribution in [0.25, 0.3) is 0 Å². The summed E-state index contributed by atoms with van der Waals surface area (Å²) in [6, 6.07) is 3.83. The van der Waals surface area contributed by atoms with E-state index < -0.39 is 11.7 Å². The van der Waals surface area contributed by atoms with E-state index in [9.17, 15) is 13.2 Å². The van der Waals surface area contributed by atoms with Gasteiger partial charge in [0.25, 0.3) is 0 Å². The summed E-state index contributed by atoms with van der Waals surface area (Å²) in [6.45, 7) is 5.20. The van der Waals surface area contributed by atoms with Crippen LogP contribution >= 0.6 is 11.6 Å². The van der Waals surface area contributed by atoms with Gasteiger partial charge in [-0.3, -0.25) is 4.90 Å². The molecule has 1 aliphatic heterocycles. The smallest absolute Gasteiger partial charge is 0.314 e. The molecule has 6 heteroatoms. The van der Waals surface area contributed by atoms with Crippen LogP contribution in [0.1, 0.15) is 49.8 Å². The maximum absolute atomic E-state index is 13.5. The number of alkyl halides is 3. The Morgan fingerprint density at radius 1 is 1.22 bits per heavy atom. The molecule has 1 aromatic rings. The zero-order valence-electron chi connectivity index (χ0n) is 13.4. The summed E-state index contributed by atoms with van der Waals surface area (Å²) in [5.74, 6) is 0. The van der Waals surface area contributed by atoms with Gasteiger partial charge in [0.05, 0.1) is 5.56 Å². The molecule has 23 heavy (non-hydrogen) atoms. The minimum absolute atomic E-state index is 0.222. The molecule has 1 atom stereocenters. The number of unbranched alkanes of at least 4 members (excludes halogenated alkanes) is 2. The van der Waals surface area contributed by atoms with Gasteiger partial charge in [0, 0.05) is 42.8 Å². The Balaban J connectivity index is 2.37. The van der Waals surface area contributed by atoms with Crippen LogP contribution in [0, 0.1) is 0 Å². The number of halogens is 4. The third-order valence-corrected chi connectivity index (χ3v) is 4.69. The molecule has 1 N–H and O–H groups in total. The predicted molar refractivity (Wildman–Crippen MR) is 87.8 cm³/mol. The van der Waals surface area contributed by atoms with Crippen LogP contribution in [-0.4, -0.2) is 31.1 Å². The molecule has 0 amide bonds. The van der Waals surface area contributed by atoms with Gasteiger partial charge in [0.1, 0.15) is 0 Å². The van der Waals surface area contributed by atoms with E-state index in [1.165, 1.54) is 6.07 Å². The van der Waals surface area contributed by atoms with Crippen molar-refractivity contribution < 1.29 is 13.2 Å². The SMILES string of the molecule is CCCCC[C@@H](c1c(Cl)cccc1C(F)(F)F)N1CCNCC1. The van der Waals surface area contributed by atoms with Crippen molar-refractivity contribution in [3.8, 4) is 0 Å². The molecule has 0 saturated carbocycles. The topological polar surface area (TPSA) is 15.3 Å². The molecule has 1 heterocycles. The lowest BCUT2D eigenvalue weighted by Gasteiger charge is -2.37. The van der Waals surface area contributed by atoms with Crippen LogP contribution < -0.4 is 5.32 Å². The first kappa shape index (κ1) is 18.6. The highest BCUT2D eigenvalue weighted by Crippen LogP contribution is 2.41. The van der Waals surface area contributed by atoms with Crippen LogP contribution in [0.2, 0.25) is 5.02 Å². The second kappa shape index (κ2) is 8.36. The molecular formula is C17H24ClF3N2. The van der Waals surface area contributed by atoms with Crippen molar-refractivity contribution in [2.24, 2.45) is 0 Å². The van der Waals surface area contributed by atoms with E-state index in [0.717, 1.165) is 51.5 Å². The molecule has 0 radical (unpaired) electrons. The maximum atomic E-state index is 13.5. The molecule has 130 valence electrons. The Hall–Kier alpha value is -0.780. The fraction of sp³-hybridized carbons (Fsp3) is 0.647. The highest BCUT2D eigenvalue weighted by molar-refractivity contribution is 6.31. The molecular weight excluding hydrogens is 325 g/mol. The van der Waals surface area contributed by atoms with Crippen molar-refractivity contribution >= 4 is 11.6 Å². The quantitative estimate of drug-likeness (QED) is 0.737. The van der Waals surface area contributed by atoms with E-state index >= 15 is 0 Å². The Kier molecular flexibility index (Phi) is 6.74. The molecule has 2 nitrogen and oxygen atoms in total. The molecule has 1 saturated heterocycles. The first-order valence-corrected chi connectivity index (χ1v) is 8.63. The number of nitrogens with zero attached hydrogens (tertiary/aromatic N) is 1. The summed E-state index contributed by atoms with van der Waals surface area (Å²) in [6.07, 6.45) is -0.692. The van der Waals surface area contributed by atoms with Gasteiger partial charge in [-0.15, -0.1) is 0 Å². The first-order valence-electron chi connectivity index (χ1n) is 8.25. The number of hydrogen-bond donors (Lipinski definition) is 1. The van der Waals surface area contributed by atoms with Crippen molar-refractivity contribution in [1.29, 1.82) is 0 Å². The van der Waals surface area contributed by atoms with Gasteiger partial charge >= 0.3 is 6.18 Å². The molecule has 1 aromatic carbocycles. The Morgan fingerprint density at radius 3 is 2.52 bits per heavy atom. The third kappa shape index (κ3) is 4.85. The van der Waals surface area contributed by atoms with Gasteiger partial charge in [-0.1, -0.05) is 43.9 Å². The summed E-state index contributed by atoms with van der Waals surface area (Å²) in [7, 11) is 0.